The number of piperidine rings is 1. The van der Waals surface area contributed by atoms with Crippen LogP contribution < -0.4 is 4.74 Å². The summed E-state index contributed by atoms with van der Waals surface area (Å²) >= 11 is 0. The molecule has 176 valence electrons. The third kappa shape index (κ3) is 3.97. The first-order chi connectivity index (χ1) is 17.8. The predicted molar refractivity (Wildman–Crippen MR) is 113 cm³/mol. The predicted octanol–water partition coefficient (Wildman–Crippen LogP) is 4.77. The molecule has 34 heavy (non-hydrogen) atoms. The van der Waals surface area contributed by atoms with E-state index in [4.69, 9.17) is 10.2 Å². The number of alkyl halides is 3. The fourth-order valence-electron chi connectivity index (χ4n) is 4.46. The molecule has 0 N–H and O–H groups in total. The van der Waals surface area contributed by atoms with E-state index < -0.39 is 54.4 Å². The van der Waals surface area contributed by atoms with E-state index in [0.29, 0.717) is 6.20 Å². The number of carbonyl (C=O) groups is 1. The highest BCUT2D eigenvalue weighted by atomic mass is 19.4. The zero-order valence-electron chi connectivity index (χ0n) is 21.5. The second-order valence-electron chi connectivity index (χ2n) is 8.10. The average Bonchev–Trinajstić information content (AvgIpc) is 3.40. The minimum atomic E-state index is -4.59. The molecule has 1 aromatic carbocycles. The number of aromatic nitrogens is 3. The SMILES string of the molecule is [2H]C([2H])([2H])C1([2H])C2CC(Oc3ccc(C(F)(F)F)cn3)C(C2)N1C(=O)c1cc(F)ccc1-c1ncccn1. The molecule has 4 atom stereocenters. The van der Waals surface area contributed by atoms with Gasteiger partial charge in [-0.25, -0.2) is 19.3 Å². The largest absolute Gasteiger partial charge is 0.472 e. The van der Waals surface area contributed by atoms with Crippen LogP contribution in [-0.4, -0.2) is 43.9 Å². The Bertz CT molecular complexity index is 1360. The maximum Gasteiger partial charge on any atom is 0.417 e. The molecular formula is C24H20F4N4O2. The van der Waals surface area contributed by atoms with Gasteiger partial charge in [0.1, 0.15) is 11.9 Å². The highest BCUT2D eigenvalue weighted by molar-refractivity contribution is 6.00. The van der Waals surface area contributed by atoms with Gasteiger partial charge >= 0.3 is 6.18 Å². The van der Waals surface area contributed by atoms with Gasteiger partial charge in [-0.3, -0.25) is 4.79 Å². The van der Waals surface area contributed by atoms with Crippen LogP contribution in [0.15, 0.2) is 55.0 Å². The van der Waals surface area contributed by atoms with Gasteiger partial charge < -0.3 is 9.64 Å². The smallest absolute Gasteiger partial charge is 0.417 e. The van der Waals surface area contributed by atoms with Crippen molar-refractivity contribution in [3.05, 3.63) is 71.9 Å². The van der Waals surface area contributed by atoms with E-state index in [-0.39, 0.29) is 35.7 Å². The number of pyridine rings is 1. The number of hydrogen-bond donors (Lipinski definition) is 0. The van der Waals surface area contributed by atoms with Gasteiger partial charge in [0, 0.05) is 40.4 Å². The first kappa shape index (κ1) is 17.9. The molecule has 0 radical (unpaired) electrons. The first-order valence-electron chi connectivity index (χ1n) is 12.4. The Labute approximate surface area is 198 Å². The van der Waals surface area contributed by atoms with Gasteiger partial charge in [0.05, 0.1) is 18.5 Å². The van der Waals surface area contributed by atoms with E-state index in [1.165, 1.54) is 18.5 Å². The van der Waals surface area contributed by atoms with Crippen LogP contribution in [-0.2, 0) is 6.18 Å². The summed E-state index contributed by atoms with van der Waals surface area (Å²) in [5.74, 6) is -2.56. The summed E-state index contributed by atoms with van der Waals surface area (Å²) in [6.07, 6.45) is -1.80. The lowest BCUT2D eigenvalue weighted by atomic mass is 9.97. The normalized spacial score (nSPS) is 28.1. The van der Waals surface area contributed by atoms with Crippen LogP contribution in [0.25, 0.3) is 11.4 Å². The number of hydrogen-bond acceptors (Lipinski definition) is 5. The van der Waals surface area contributed by atoms with Crippen molar-refractivity contribution in [2.75, 3.05) is 0 Å². The highest BCUT2D eigenvalue weighted by Crippen LogP contribution is 2.45. The Hall–Kier alpha value is -3.56. The van der Waals surface area contributed by atoms with Crippen molar-refractivity contribution in [3.8, 4) is 17.3 Å². The first-order valence-corrected chi connectivity index (χ1v) is 10.4. The number of amides is 1. The molecule has 1 saturated heterocycles. The van der Waals surface area contributed by atoms with Crippen LogP contribution in [0.2, 0.25) is 0 Å². The Morgan fingerprint density at radius 1 is 1.18 bits per heavy atom. The Morgan fingerprint density at radius 3 is 2.65 bits per heavy atom. The lowest BCUT2D eigenvalue weighted by molar-refractivity contribution is -0.137. The molecule has 1 amide bonds. The molecule has 2 aliphatic rings. The van der Waals surface area contributed by atoms with E-state index in [1.807, 2.05) is 0 Å². The zero-order chi connectivity index (χ0) is 27.5. The van der Waals surface area contributed by atoms with Crippen LogP contribution in [0.4, 0.5) is 17.6 Å². The fraction of sp³-hybridized carbons (Fsp3) is 0.333. The lowest BCUT2D eigenvalue weighted by Gasteiger charge is -2.38. The van der Waals surface area contributed by atoms with Crippen molar-refractivity contribution in [3.63, 3.8) is 0 Å². The lowest BCUT2D eigenvalue weighted by Crippen LogP contribution is -2.51. The van der Waals surface area contributed by atoms with Crippen molar-refractivity contribution in [1.29, 1.82) is 0 Å². The van der Waals surface area contributed by atoms with Crippen LogP contribution in [0.3, 0.4) is 0 Å². The fourth-order valence-corrected chi connectivity index (χ4v) is 4.46. The van der Waals surface area contributed by atoms with E-state index >= 15 is 0 Å². The average molecular weight is 476 g/mol. The van der Waals surface area contributed by atoms with Gasteiger partial charge in [0.15, 0.2) is 5.82 Å². The molecule has 5 rings (SSSR count). The molecule has 2 fully saturated rings. The van der Waals surface area contributed by atoms with E-state index in [9.17, 15) is 22.4 Å². The van der Waals surface area contributed by atoms with Gasteiger partial charge in [-0.1, -0.05) is 0 Å². The molecule has 1 aliphatic heterocycles. The van der Waals surface area contributed by atoms with Gasteiger partial charge in [-0.05, 0) is 55.9 Å². The summed E-state index contributed by atoms with van der Waals surface area (Å²) in [5.41, 5.74) is -1.05. The van der Waals surface area contributed by atoms with E-state index in [2.05, 4.69) is 15.0 Å². The van der Waals surface area contributed by atoms with Crippen molar-refractivity contribution in [1.82, 2.24) is 19.9 Å². The number of halogens is 4. The third-order valence-corrected chi connectivity index (χ3v) is 6.02. The topological polar surface area (TPSA) is 68.2 Å². The second-order valence-corrected chi connectivity index (χ2v) is 8.10. The van der Waals surface area contributed by atoms with E-state index in [1.54, 1.807) is 6.07 Å². The Kier molecular flexibility index (Phi) is 4.38. The third-order valence-electron chi connectivity index (χ3n) is 6.02. The maximum atomic E-state index is 14.3. The number of nitrogens with zero attached hydrogens (tertiary/aromatic N) is 4. The number of fused-ring (bicyclic) bond motifs is 2. The number of benzene rings is 1. The maximum absolute atomic E-state index is 14.3. The number of carbonyl (C=O) groups excluding carboxylic acids is 1. The molecule has 4 unspecified atom stereocenters. The number of likely N-dealkylation sites (tertiary alicyclic amines) is 1. The molecule has 2 aromatic heterocycles. The molecule has 3 aromatic rings. The molecule has 1 saturated carbocycles. The minimum absolute atomic E-state index is 0.0663. The molecular weight excluding hydrogens is 452 g/mol. The summed E-state index contributed by atoms with van der Waals surface area (Å²) < 4.78 is 92.0. The number of rotatable bonds is 4. The summed E-state index contributed by atoms with van der Waals surface area (Å²) in [7, 11) is 0. The summed E-state index contributed by atoms with van der Waals surface area (Å²) in [6, 6.07) is 3.46. The van der Waals surface area contributed by atoms with Crippen LogP contribution >= 0.6 is 0 Å². The van der Waals surface area contributed by atoms with Crippen LogP contribution in [0.1, 0.15) is 41.1 Å². The van der Waals surface area contributed by atoms with Gasteiger partial charge in [0.2, 0.25) is 5.88 Å². The molecule has 6 nitrogen and oxygen atoms in total. The highest BCUT2D eigenvalue weighted by Gasteiger charge is 2.53. The second kappa shape index (κ2) is 8.34. The summed E-state index contributed by atoms with van der Waals surface area (Å²) in [6.45, 7) is -2.92. The van der Waals surface area contributed by atoms with Gasteiger partial charge in [-0.15, -0.1) is 0 Å². The van der Waals surface area contributed by atoms with Crippen molar-refractivity contribution in [2.45, 2.75) is 44.0 Å². The van der Waals surface area contributed by atoms with E-state index in [0.717, 1.165) is 29.2 Å². The van der Waals surface area contributed by atoms with Gasteiger partial charge in [-0.2, -0.15) is 13.2 Å². The molecule has 1 aliphatic carbocycles. The van der Waals surface area contributed by atoms with Gasteiger partial charge in [0.25, 0.3) is 5.91 Å². The molecule has 3 heterocycles. The molecule has 0 spiro atoms. The van der Waals surface area contributed by atoms with Crippen molar-refractivity contribution < 1.29 is 32.6 Å². The van der Waals surface area contributed by atoms with Crippen molar-refractivity contribution in [2.24, 2.45) is 5.92 Å². The monoisotopic (exact) mass is 476 g/mol. The molecule has 2 bridgehead atoms. The van der Waals surface area contributed by atoms with Crippen molar-refractivity contribution >= 4 is 5.91 Å². The Morgan fingerprint density at radius 2 is 1.97 bits per heavy atom. The minimum Gasteiger partial charge on any atom is -0.472 e. The quantitative estimate of drug-likeness (QED) is 0.508. The zero-order valence-corrected chi connectivity index (χ0v) is 17.5. The number of ether oxygens (including phenoxy) is 1. The van der Waals surface area contributed by atoms with Crippen LogP contribution in [0, 0.1) is 11.7 Å². The Balaban J connectivity index is 1.52. The molecule has 10 heteroatoms. The standard InChI is InChI=1S/C24H20F4N4O2/c1-13-14-9-19(20(10-14)34-21-6-3-15(12-31-21)24(26,27)28)32(13)23(33)18-11-16(25)4-5-17(18)22-29-7-2-8-30-22/h2-8,11-14,19-20H,9-10H2,1H3/i1D3,13D. The van der Waals surface area contributed by atoms with Crippen LogP contribution in [0.5, 0.6) is 5.88 Å². The summed E-state index contributed by atoms with van der Waals surface area (Å²) in [4.78, 5) is 26.7. The summed E-state index contributed by atoms with van der Waals surface area (Å²) in [5, 5.41) is 0.